The number of furan rings is 1. The minimum atomic E-state index is -3.84. The Hall–Kier alpha value is -3.21. The Morgan fingerprint density at radius 1 is 1.19 bits per heavy atom. The third-order valence-corrected chi connectivity index (χ3v) is 9.14. The molecule has 188 valence electrons. The van der Waals surface area contributed by atoms with E-state index in [2.05, 4.69) is 0 Å². The van der Waals surface area contributed by atoms with Crippen molar-refractivity contribution in [3.05, 3.63) is 72.2 Å². The van der Waals surface area contributed by atoms with Crippen molar-refractivity contribution in [1.29, 1.82) is 0 Å². The first-order chi connectivity index (χ1) is 17.4. The number of anilines is 1. The van der Waals surface area contributed by atoms with Crippen LogP contribution in [-0.4, -0.2) is 42.8 Å². The van der Waals surface area contributed by atoms with Gasteiger partial charge in [-0.05, 0) is 63.1 Å². The number of carbonyl (C=O) groups is 1. The van der Waals surface area contributed by atoms with Gasteiger partial charge in [0.25, 0.3) is 0 Å². The predicted octanol–water partition coefficient (Wildman–Crippen LogP) is 4.98. The second kappa shape index (κ2) is 10.0. The van der Waals surface area contributed by atoms with E-state index in [4.69, 9.17) is 14.1 Å². The molecule has 10 heteroatoms. The molecule has 1 amide bonds. The van der Waals surface area contributed by atoms with Crippen molar-refractivity contribution in [2.75, 3.05) is 18.1 Å². The van der Waals surface area contributed by atoms with Crippen LogP contribution in [0.3, 0.4) is 0 Å². The number of fused-ring (bicyclic) bond motifs is 1. The molecule has 0 spiro atoms. The summed E-state index contributed by atoms with van der Waals surface area (Å²) in [5, 5.41) is 0.470. The van der Waals surface area contributed by atoms with E-state index in [0.29, 0.717) is 41.6 Å². The zero-order valence-electron chi connectivity index (χ0n) is 20.1. The summed E-state index contributed by atoms with van der Waals surface area (Å²) < 4.78 is 40.5. The van der Waals surface area contributed by atoms with Crippen LogP contribution in [0.5, 0.6) is 5.75 Å². The van der Waals surface area contributed by atoms with Crippen molar-refractivity contribution < 1.29 is 22.4 Å². The Balaban J connectivity index is 1.52. The van der Waals surface area contributed by atoms with Gasteiger partial charge in [-0.3, -0.25) is 9.69 Å². The molecule has 1 fully saturated rings. The number of benzene rings is 2. The number of hydrogen-bond donors (Lipinski definition) is 0. The number of nitrogens with zero attached hydrogens (tertiary/aromatic N) is 3. The van der Waals surface area contributed by atoms with Crippen molar-refractivity contribution in [3.63, 3.8) is 0 Å². The molecule has 0 radical (unpaired) electrons. The smallest absolute Gasteiger partial charge is 0.247 e. The largest absolute Gasteiger partial charge is 0.492 e. The zero-order chi connectivity index (χ0) is 25.3. The van der Waals surface area contributed by atoms with Gasteiger partial charge in [0.05, 0.1) is 29.0 Å². The molecule has 0 bridgehead atoms. The fourth-order valence-electron chi connectivity index (χ4n) is 4.40. The topological polar surface area (TPSA) is 93.0 Å². The summed E-state index contributed by atoms with van der Waals surface area (Å²) in [4.78, 5) is 20.5. The lowest BCUT2D eigenvalue weighted by Gasteiger charge is -2.28. The maximum absolute atomic E-state index is 14.0. The molecule has 36 heavy (non-hydrogen) atoms. The lowest BCUT2D eigenvalue weighted by molar-refractivity contribution is -0.121. The van der Waals surface area contributed by atoms with Gasteiger partial charge in [-0.15, -0.1) is 0 Å². The molecular weight excluding hydrogens is 498 g/mol. The van der Waals surface area contributed by atoms with Crippen molar-refractivity contribution in [2.24, 2.45) is 0 Å². The molecule has 0 saturated carbocycles. The fraction of sp³-hybridized carbons (Fsp3) is 0.308. The Morgan fingerprint density at radius 2 is 2.00 bits per heavy atom. The normalized spacial score (nSPS) is 16.4. The van der Waals surface area contributed by atoms with Gasteiger partial charge in [0.1, 0.15) is 23.1 Å². The van der Waals surface area contributed by atoms with Crippen LogP contribution in [-0.2, 0) is 21.4 Å². The van der Waals surface area contributed by atoms with Crippen molar-refractivity contribution in [1.82, 2.24) is 9.29 Å². The Morgan fingerprint density at radius 3 is 2.72 bits per heavy atom. The lowest BCUT2D eigenvalue weighted by Crippen LogP contribution is -2.47. The summed E-state index contributed by atoms with van der Waals surface area (Å²) in [5.74, 6) is 0.905. The molecule has 1 saturated heterocycles. The van der Waals surface area contributed by atoms with Crippen molar-refractivity contribution in [2.45, 2.75) is 44.2 Å². The first kappa shape index (κ1) is 24.5. The van der Waals surface area contributed by atoms with Gasteiger partial charge in [-0.25, -0.2) is 13.4 Å². The highest BCUT2D eigenvalue weighted by molar-refractivity contribution is 7.89. The molecule has 1 atom stereocenters. The number of sulfonamides is 1. The van der Waals surface area contributed by atoms with Gasteiger partial charge in [0.2, 0.25) is 15.9 Å². The lowest BCUT2D eigenvalue weighted by atomic mass is 10.2. The molecule has 5 rings (SSSR count). The van der Waals surface area contributed by atoms with E-state index in [0.717, 1.165) is 10.3 Å². The number of aromatic nitrogens is 1. The Kier molecular flexibility index (Phi) is 6.83. The van der Waals surface area contributed by atoms with Gasteiger partial charge in [0.15, 0.2) is 5.13 Å². The molecule has 2 aromatic carbocycles. The van der Waals surface area contributed by atoms with Gasteiger partial charge in [0, 0.05) is 6.54 Å². The van der Waals surface area contributed by atoms with Crippen LogP contribution in [0.4, 0.5) is 5.13 Å². The van der Waals surface area contributed by atoms with Crippen LogP contribution in [0.1, 0.15) is 31.1 Å². The van der Waals surface area contributed by atoms with Gasteiger partial charge < -0.3 is 9.15 Å². The summed E-state index contributed by atoms with van der Waals surface area (Å²) in [6, 6.07) is 15.1. The van der Waals surface area contributed by atoms with E-state index in [1.165, 1.54) is 20.5 Å². The third kappa shape index (κ3) is 4.63. The number of hydrogen-bond acceptors (Lipinski definition) is 7. The summed E-state index contributed by atoms with van der Waals surface area (Å²) in [7, 11) is -3.84. The summed E-state index contributed by atoms with van der Waals surface area (Å²) in [5.41, 5.74) is 1.64. The molecule has 4 aromatic rings. The van der Waals surface area contributed by atoms with E-state index >= 15 is 0 Å². The molecule has 1 aliphatic rings. The quantitative estimate of drug-likeness (QED) is 0.322. The maximum Gasteiger partial charge on any atom is 0.247 e. The number of ether oxygens (including phenoxy) is 1. The fourth-order valence-corrected chi connectivity index (χ4v) is 7.04. The van der Waals surface area contributed by atoms with Crippen LogP contribution in [0.25, 0.3) is 10.2 Å². The summed E-state index contributed by atoms with van der Waals surface area (Å²) in [6.07, 6.45) is 2.59. The van der Waals surface area contributed by atoms with Gasteiger partial charge >= 0.3 is 0 Å². The van der Waals surface area contributed by atoms with Crippen LogP contribution >= 0.6 is 11.3 Å². The van der Waals surface area contributed by atoms with Gasteiger partial charge in [-0.1, -0.05) is 35.1 Å². The third-order valence-electron chi connectivity index (χ3n) is 6.18. The molecule has 0 aliphatic carbocycles. The number of para-hydroxylation sites is 1. The second-order valence-electron chi connectivity index (χ2n) is 8.62. The highest BCUT2D eigenvalue weighted by atomic mass is 32.2. The van der Waals surface area contributed by atoms with Crippen LogP contribution < -0.4 is 9.64 Å². The van der Waals surface area contributed by atoms with E-state index in [9.17, 15) is 13.2 Å². The summed E-state index contributed by atoms with van der Waals surface area (Å²) >= 11 is 1.37. The molecule has 8 nitrogen and oxygen atoms in total. The minimum absolute atomic E-state index is 0.143. The van der Waals surface area contributed by atoms with E-state index in [1.54, 1.807) is 42.7 Å². The second-order valence-corrected chi connectivity index (χ2v) is 11.5. The SMILES string of the molecule is CCOc1cccc2sc(N(Cc3ccco3)C(=O)C3CCCN3S(=O)(=O)c3ccc(C)cc3)nc12. The first-order valence-electron chi connectivity index (χ1n) is 11.8. The Labute approximate surface area is 214 Å². The number of carbonyl (C=O) groups excluding carboxylic acids is 1. The zero-order valence-corrected chi connectivity index (χ0v) is 21.7. The number of aryl methyl sites for hydroxylation is 1. The van der Waals surface area contributed by atoms with Crippen LogP contribution in [0.15, 0.2) is 70.2 Å². The van der Waals surface area contributed by atoms with Crippen LogP contribution in [0, 0.1) is 6.92 Å². The summed E-state index contributed by atoms with van der Waals surface area (Å²) in [6.45, 7) is 4.73. The number of rotatable bonds is 8. The highest BCUT2D eigenvalue weighted by Crippen LogP contribution is 2.36. The van der Waals surface area contributed by atoms with E-state index in [-0.39, 0.29) is 23.9 Å². The minimum Gasteiger partial charge on any atom is -0.492 e. The molecule has 0 N–H and O–H groups in total. The molecule has 1 aliphatic heterocycles. The highest BCUT2D eigenvalue weighted by Gasteiger charge is 2.42. The van der Waals surface area contributed by atoms with E-state index in [1.807, 2.05) is 32.0 Å². The molecule has 3 heterocycles. The monoisotopic (exact) mass is 525 g/mol. The first-order valence-corrected chi connectivity index (χ1v) is 14.1. The molecule has 1 unspecified atom stereocenters. The maximum atomic E-state index is 14.0. The molecule has 2 aromatic heterocycles. The molecular formula is C26H27N3O5S2. The van der Waals surface area contributed by atoms with Crippen molar-refractivity contribution in [3.8, 4) is 5.75 Å². The standard InChI is InChI=1S/C26H27N3O5S2/c1-3-33-22-9-4-10-23-24(22)27-26(35-23)28(17-19-7-6-16-34-19)25(30)21-8-5-15-29(21)36(31,32)20-13-11-18(2)12-14-20/h4,6-7,9-14,16,21H,3,5,8,15,17H2,1-2H3. The predicted molar refractivity (Wildman–Crippen MR) is 139 cm³/mol. The average molecular weight is 526 g/mol. The average Bonchev–Trinajstić information content (AvgIpc) is 3.64. The Bertz CT molecular complexity index is 1460. The van der Waals surface area contributed by atoms with Gasteiger partial charge in [-0.2, -0.15) is 4.31 Å². The van der Waals surface area contributed by atoms with E-state index < -0.39 is 16.1 Å². The number of amides is 1. The number of thiazole rings is 1. The van der Waals surface area contributed by atoms with Crippen molar-refractivity contribution >= 4 is 42.6 Å². The van der Waals surface area contributed by atoms with Crippen LogP contribution in [0.2, 0.25) is 0 Å².